The molecule has 3 nitrogen and oxygen atoms in total. The number of hydrogen-bond donors (Lipinski definition) is 0. The summed E-state index contributed by atoms with van der Waals surface area (Å²) < 4.78 is 9.94. The number of Topliss-reactive ketones (excluding diaryl/α,β-unsaturated/α-hetero) is 1. The molecule has 14 heavy (non-hydrogen) atoms. The molecule has 0 aromatic heterocycles. The van der Waals surface area contributed by atoms with Crippen molar-refractivity contribution in [3.63, 3.8) is 0 Å². The summed E-state index contributed by atoms with van der Waals surface area (Å²) in [5.41, 5.74) is 0.591. The van der Waals surface area contributed by atoms with E-state index in [0.29, 0.717) is 17.1 Å². The maximum atomic E-state index is 11.6. The molecule has 74 valence electrons. The summed E-state index contributed by atoms with van der Waals surface area (Å²) >= 11 is 6.30. The number of ether oxygens (including phenoxy) is 2. The Labute approximate surface area is 97.6 Å². The standard InChI is InChI=1S/C9H6Br2O3/c10-9(11)8(12)5-1-2-6-7(3-5)14-4-13-6/h1-3,9H,4H2. The predicted molar refractivity (Wildman–Crippen MR) is 58.5 cm³/mol. The van der Waals surface area contributed by atoms with E-state index in [0.717, 1.165) is 0 Å². The second kappa shape index (κ2) is 3.90. The second-order valence-corrected chi connectivity index (χ2v) is 5.79. The molecule has 5 heteroatoms. The van der Waals surface area contributed by atoms with Crippen molar-refractivity contribution >= 4 is 37.6 Å². The molecule has 1 aliphatic rings. The lowest BCUT2D eigenvalue weighted by atomic mass is 10.1. The van der Waals surface area contributed by atoms with Gasteiger partial charge < -0.3 is 9.47 Å². The zero-order valence-corrected chi connectivity index (χ0v) is 10.2. The number of carbonyl (C=O) groups excluding carboxylic acids is 1. The predicted octanol–water partition coefficient (Wildman–Crippen LogP) is 2.71. The first-order chi connectivity index (χ1) is 6.68. The van der Waals surface area contributed by atoms with Crippen molar-refractivity contribution in [2.75, 3.05) is 6.79 Å². The normalized spacial score (nSPS) is 13.4. The first kappa shape index (κ1) is 9.98. The molecule has 0 fully saturated rings. The molecule has 1 aromatic rings. The minimum Gasteiger partial charge on any atom is -0.454 e. The molecule has 2 rings (SSSR count). The van der Waals surface area contributed by atoms with Gasteiger partial charge in [-0.3, -0.25) is 4.79 Å². The van der Waals surface area contributed by atoms with Gasteiger partial charge in [0.05, 0.1) is 0 Å². The summed E-state index contributed by atoms with van der Waals surface area (Å²) in [5, 5.41) is 0. The van der Waals surface area contributed by atoms with Gasteiger partial charge in [-0.25, -0.2) is 0 Å². The van der Waals surface area contributed by atoms with Crippen molar-refractivity contribution in [2.24, 2.45) is 0 Å². The molecular formula is C9H6Br2O3. The smallest absolute Gasteiger partial charge is 0.231 e. The minimum atomic E-state index is -0.365. The number of halogens is 2. The Bertz CT molecular complexity index is 376. The number of fused-ring (bicyclic) bond motifs is 1. The van der Waals surface area contributed by atoms with E-state index in [1.807, 2.05) is 0 Å². The van der Waals surface area contributed by atoms with E-state index in [4.69, 9.17) is 9.47 Å². The fourth-order valence-electron chi connectivity index (χ4n) is 1.18. The lowest BCUT2D eigenvalue weighted by Crippen LogP contribution is -2.06. The summed E-state index contributed by atoms with van der Waals surface area (Å²) in [6.07, 6.45) is 0. The van der Waals surface area contributed by atoms with Crippen molar-refractivity contribution in [1.29, 1.82) is 0 Å². The highest BCUT2D eigenvalue weighted by atomic mass is 79.9. The van der Waals surface area contributed by atoms with E-state index in [-0.39, 0.29) is 16.3 Å². The fraction of sp³-hybridized carbons (Fsp3) is 0.222. The molecule has 0 saturated carbocycles. The second-order valence-electron chi connectivity index (χ2n) is 2.73. The number of carbonyl (C=O) groups is 1. The summed E-state index contributed by atoms with van der Waals surface area (Å²) in [6.45, 7) is 0.221. The Morgan fingerprint density at radius 3 is 2.71 bits per heavy atom. The topological polar surface area (TPSA) is 35.5 Å². The molecule has 0 unspecified atom stereocenters. The molecule has 0 aliphatic carbocycles. The summed E-state index contributed by atoms with van der Waals surface area (Å²) in [7, 11) is 0. The van der Waals surface area contributed by atoms with Crippen LogP contribution in [0.15, 0.2) is 18.2 Å². The third-order valence-corrected chi connectivity index (χ3v) is 2.69. The van der Waals surface area contributed by atoms with Crippen LogP contribution in [0.5, 0.6) is 11.5 Å². The number of ketones is 1. The van der Waals surface area contributed by atoms with Crippen LogP contribution < -0.4 is 9.47 Å². The van der Waals surface area contributed by atoms with E-state index in [1.165, 1.54) is 0 Å². The van der Waals surface area contributed by atoms with Crippen LogP contribution >= 0.6 is 31.9 Å². The quantitative estimate of drug-likeness (QED) is 0.620. The number of hydrogen-bond acceptors (Lipinski definition) is 3. The molecule has 0 amide bonds. The van der Waals surface area contributed by atoms with Crippen LogP contribution in [-0.4, -0.2) is 16.3 Å². The first-order valence-electron chi connectivity index (χ1n) is 3.90. The average Bonchev–Trinajstić information content (AvgIpc) is 2.62. The highest BCUT2D eigenvalue weighted by Gasteiger charge is 2.18. The molecule has 1 aliphatic heterocycles. The lowest BCUT2D eigenvalue weighted by Gasteiger charge is -2.02. The van der Waals surface area contributed by atoms with Gasteiger partial charge in [0, 0.05) is 5.56 Å². The van der Waals surface area contributed by atoms with Crippen LogP contribution in [0.4, 0.5) is 0 Å². The van der Waals surface area contributed by atoms with Gasteiger partial charge >= 0.3 is 0 Å². The average molecular weight is 322 g/mol. The molecule has 0 saturated heterocycles. The van der Waals surface area contributed by atoms with Crippen molar-refractivity contribution < 1.29 is 14.3 Å². The Kier molecular flexibility index (Phi) is 2.78. The van der Waals surface area contributed by atoms with Gasteiger partial charge in [-0.1, -0.05) is 31.9 Å². The summed E-state index contributed by atoms with van der Waals surface area (Å²) in [6, 6.07) is 5.13. The molecule has 1 heterocycles. The van der Waals surface area contributed by atoms with Gasteiger partial charge in [-0.2, -0.15) is 0 Å². The first-order valence-corrected chi connectivity index (χ1v) is 5.73. The van der Waals surface area contributed by atoms with E-state index < -0.39 is 0 Å². The van der Waals surface area contributed by atoms with E-state index in [9.17, 15) is 4.79 Å². The van der Waals surface area contributed by atoms with Crippen LogP contribution in [0.25, 0.3) is 0 Å². The van der Waals surface area contributed by atoms with E-state index >= 15 is 0 Å². The van der Waals surface area contributed by atoms with Gasteiger partial charge in [0.1, 0.15) is 3.74 Å². The Morgan fingerprint density at radius 2 is 2.00 bits per heavy atom. The summed E-state index contributed by atoms with van der Waals surface area (Å²) in [4.78, 5) is 11.6. The van der Waals surface area contributed by atoms with Crippen molar-refractivity contribution in [3.05, 3.63) is 23.8 Å². The molecule has 0 bridgehead atoms. The van der Waals surface area contributed by atoms with Gasteiger partial charge in [0.2, 0.25) is 6.79 Å². The molecule has 0 atom stereocenters. The third kappa shape index (κ3) is 1.79. The maximum absolute atomic E-state index is 11.6. The fourth-order valence-corrected chi connectivity index (χ4v) is 1.70. The van der Waals surface area contributed by atoms with Crippen LogP contribution in [-0.2, 0) is 0 Å². The Morgan fingerprint density at radius 1 is 1.29 bits per heavy atom. The van der Waals surface area contributed by atoms with Gasteiger partial charge in [0.15, 0.2) is 17.3 Å². The molecule has 1 aromatic carbocycles. The summed E-state index contributed by atoms with van der Waals surface area (Å²) in [5.74, 6) is 1.27. The van der Waals surface area contributed by atoms with Gasteiger partial charge in [-0.15, -0.1) is 0 Å². The van der Waals surface area contributed by atoms with Gasteiger partial charge in [-0.05, 0) is 18.2 Å². The number of rotatable bonds is 2. The Balaban J connectivity index is 2.33. The van der Waals surface area contributed by atoms with Gasteiger partial charge in [0.25, 0.3) is 0 Å². The van der Waals surface area contributed by atoms with Crippen LogP contribution in [0.2, 0.25) is 0 Å². The zero-order chi connectivity index (χ0) is 10.1. The third-order valence-electron chi connectivity index (χ3n) is 1.86. The largest absolute Gasteiger partial charge is 0.454 e. The number of benzene rings is 1. The maximum Gasteiger partial charge on any atom is 0.231 e. The molecular weight excluding hydrogens is 316 g/mol. The molecule has 0 radical (unpaired) electrons. The van der Waals surface area contributed by atoms with Crippen molar-refractivity contribution in [1.82, 2.24) is 0 Å². The zero-order valence-electron chi connectivity index (χ0n) is 7.00. The van der Waals surface area contributed by atoms with E-state index in [2.05, 4.69) is 31.9 Å². The monoisotopic (exact) mass is 320 g/mol. The van der Waals surface area contributed by atoms with Crippen molar-refractivity contribution in [2.45, 2.75) is 3.74 Å². The number of alkyl halides is 2. The SMILES string of the molecule is O=C(c1ccc2c(c1)OCO2)C(Br)Br. The Hall–Kier alpha value is -0.550. The van der Waals surface area contributed by atoms with Crippen molar-refractivity contribution in [3.8, 4) is 11.5 Å². The lowest BCUT2D eigenvalue weighted by molar-refractivity contribution is 0.101. The minimum absolute atomic E-state index is 0.0386. The highest BCUT2D eigenvalue weighted by Crippen LogP contribution is 2.33. The highest BCUT2D eigenvalue weighted by molar-refractivity contribution is 9.25. The van der Waals surface area contributed by atoms with E-state index in [1.54, 1.807) is 18.2 Å². The van der Waals surface area contributed by atoms with Crippen LogP contribution in [0, 0.1) is 0 Å². The van der Waals surface area contributed by atoms with Crippen LogP contribution in [0.3, 0.4) is 0 Å². The molecule has 0 spiro atoms. The van der Waals surface area contributed by atoms with Crippen LogP contribution in [0.1, 0.15) is 10.4 Å². The molecule has 0 N–H and O–H groups in total.